The van der Waals surface area contributed by atoms with E-state index < -0.39 is 0 Å². The molecule has 0 spiro atoms. The van der Waals surface area contributed by atoms with Gasteiger partial charge in [-0.3, -0.25) is 0 Å². The summed E-state index contributed by atoms with van der Waals surface area (Å²) in [6.07, 6.45) is 9.03. The molecule has 3 aromatic heterocycles. The molecule has 130 valence electrons. The van der Waals surface area contributed by atoms with Gasteiger partial charge in [-0.25, -0.2) is 15.0 Å². The van der Waals surface area contributed by atoms with E-state index in [1.165, 1.54) is 6.33 Å². The van der Waals surface area contributed by atoms with Crippen LogP contribution in [0.2, 0.25) is 0 Å². The van der Waals surface area contributed by atoms with Crippen molar-refractivity contribution in [3.8, 4) is 22.5 Å². The first-order valence-electron chi connectivity index (χ1n) is 8.57. The predicted molar refractivity (Wildman–Crippen MR) is 106 cm³/mol. The highest BCUT2D eigenvalue weighted by Crippen LogP contribution is 2.34. The van der Waals surface area contributed by atoms with E-state index in [2.05, 4.69) is 43.9 Å². The minimum atomic E-state index is 0.475. The summed E-state index contributed by atoms with van der Waals surface area (Å²) in [6.45, 7) is 0. The highest BCUT2D eigenvalue weighted by Gasteiger charge is 2.16. The Bertz CT molecular complexity index is 1220. The van der Waals surface area contributed by atoms with E-state index in [0.717, 1.165) is 33.5 Å². The van der Waals surface area contributed by atoms with Crippen LogP contribution in [0.4, 0.5) is 5.82 Å². The van der Waals surface area contributed by atoms with Crippen molar-refractivity contribution in [2.75, 3.05) is 5.73 Å². The van der Waals surface area contributed by atoms with Crippen LogP contribution in [-0.4, -0.2) is 24.1 Å². The lowest BCUT2D eigenvalue weighted by molar-refractivity contribution is 1.03. The van der Waals surface area contributed by atoms with Crippen LogP contribution in [-0.2, 0) is 0 Å². The van der Waals surface area contributed by atoms with E-state index in [9.17, 15) is 0 Å². The average molecular weight is 352 g/mol. The van der Waals surface area contributed by atoms with Crippen molar-refractivity contribution >= 4 is 16.9 Å². The van der Waals surface area contributed by atoms with Gasteiger partial charge in [0.1, 0.15) is 12.1 Å². The first kappa shape index (κ1) is 15.3. The van der Waals surface area contributed by atoms with Gasteiger partial charge in [-0.1, -0.05) is 36.4 Å². The fraction of sp³-hybridized carbons (Fsp3) is 0. The van der Waals surface area contributed by atoms with Gasteiger partial charge in [-0.2, -0.15) is 0 Å². The second-order valence-corrected chi connectivity index (χ2v) is 6.23. The Labute approximate surface area is 155 Å². The Morgan fingerprint density at radius 2 is 1.74 bits per heavy atom. The molecule has 5 rings (SSSR count). The number of hydrogen-bond acceptors (Lipinski definition) is 4. The number of imidazole rings is 1. The van der Waals surface area contributed by atoms with Crippen LogP contribution in [0.3, 0.4) is 0 Å². The normalized spacial score (nSPS) is 11.1. The summed E-state index contributed by atoms with van der Waals surface area (Å²) in [4.78, 5) is 12.8. The zero-order valence-electron chi connectivity index (χ0n) is 14.4. The lowest BCUT2D eigenvalue weighted by atomic mass is 10.1. The molecule has 2 N–H and O–H groups in total. The maximum Gasteiger partial charge on any atom is 0.150 e. The van der Waals surface area contributed by atoms with E-state index in [1.807, 2.05) is 47.2 Å². The highest BCUT2D eigenvalue weighted by atomic mass is 15.1. The highest BCUT2D eigenvalue weighted by molar-refractivity contribution is 6.01. The zero-order valence-corrected chi connectivity index (χ0v) is 14.4. The minimum Gasteiger partial charge on any atom is -0.383 e. The number of hydrogen-bond donors (Lipinski definition) is 1. The zero-order chi connectivity index (χ0) is 18.2. The topological polar surface area (TPSA) is 74.5 Å². The van der Waals surface area contributed by atoms with Crippen molar-refractivity contribution in [3.63, 3.8) is 0 Å². The van der Waals surface area contributed by atoms with Gasteiger partial charge in [0.25, 0.3) is 0 Å². The summed E-state index contributed by atoms with van der Waals surface area (Å²) in [6, 6.07) is 18.3. The van der Waals surface area contributed by atoms with Crippen molar-refractivity contribution < 1.29 is 0 Å². The third-order valence-corrected chi connectivity index (χ3v) is 4.61. The van der Waals surface area contributed by atoms with Gasteiger partial charge in [0, 0.05) is 35.5 Å². The summed E-state index contributed by atoms with van der Waals surface area (Å²) >= 11 is 0. The number of nitrogen functional groups attached to an aromatic ring is 1. The molecule has 0 saturated carbocycles. The number of rotatable bonds is 3. The minimum absolute atomic E-state index is 0.475. The molecular formula is C21H16N6. The van der Waals surface area contributed by atoms with Crippen LogP contribution in [0.25, 0.3) is 33.5 Å². The standard InChI is InChI=1S/C21H16N6/c22-20-19-18(15-5-2-1-3-6-15)12-27(21(19)25-13-24-20)17-8-4-7-16(11-17)26-10-9-23-14-26/h1-14H,(H2,22,24,25). The van der Waals surface area contributed by atoms with Gasteiger partial charge in [0.2, 0.25) is 0 Å². The second kappa shape index (κ2) is 6.10. The molecular weight excluding hydrogens is 336 g/mol. The molecule has 0 bridgehead atoms. The van der Waals surface area contributed by atoms with E-state index in [4.69, 9.17) is 5.73 Å². The molecule has 0 atom stereocenters. The smallest absolute Gasteiger partial charge is 0.150 e. The quantitative estimate of drug-likeness (QED) is 0.535. The largest absolute Gasteiger partial charge is 0.383 e. The maximum atomic E-state index is 6.22. The Hall–Kier alpha value is -3.93. The molecule has 2 aromatic carbocycles. The van der Waals surface area contributed by atoms with Gasteiger partial charge in [0.05, 0.1) is 11.7 Å². The number of nitrogens with two attached hydrogens (primary N) is 1. The van der Waals surface area contributed by atoms with Gasteiger partial charge >= 0.3 is 0 Å². The van der Waals surface area contributed by atoms with Crippen LogP contribution >= 0.6 is 0 Å². The van der Waals surface area contributed by atoms with E-state index in [1.54, 1.807) is 12.5 Å². The molecule has 6 nitrogen and oxygen atoms in total. The van der Waals surface area contributed by atoms with E-state index >= 15 is 0 Å². The summed E-state index contributed by atoms with van der Waals surface area (Å²) in [5.41, 5.74) is 11.1. The molecule has 3 heterocycles. The SMILES string of the molecule is Nc1ncnc2c1c(-c1ccccc1)cn2-c1cccc(-n2ccnc2)c1. The second-order valence-electron chi connectivity index (χ2n) is 6.23. The lowest BCUT2D eigenvalue weighted by Crippen LogP contribution is -1.98. The van der Waals surface area contributed by atoms with Gasteiger partial charge < -0.3 is 14.9 Å². The molecule has 0 aliphatic carbocycles. The number of nitrogens with zero attached hydrogens (tertiary/aromatic N) is 5. The predicted octanol–water partition coefficient (Wildman–Crippen LogP) is 3.86. The molecule has 0 unspecified atom stereocenters. The average Bonchev–Trinajstić information content (AvgIpc) is 3.38. The van der Waals surface area contributed by atoms with Crippen LogP contribution < -0.4 is 5.73 Å². The van der Waals surface area contributed by atoms with Crippen molar-refractivity contribution in [2.24, 2.45) is 0 Å². The van der Waals surface area contributed by atoms with Gasteiger partial charge in [-0.05, 0) is 23.8 Å². The van der Waals surface area contributed by atoms with Crippen molar-refractivity contribution in [3.05, 3.63) is 85.8 Å². The number of benzene rings is 2. The number of aromatic nitrogens is 5. The lowest BCUT2D eigenvalue weighted by Gasteiger charge is -2.08. The molecule has 27 heavy (non-hydrogen) atoms. The molecule has 0 saturated heterocycles. The van der Waals surface area contributed by atoms with Crippen molar-refractivity contribution in [2.45, 2.75) is 0 Å². The van der Waals surface area contributed by atoms with E-state index in [-0.39, 0.29) is 0 Å². The molecule has 0 radical (unpaired) electrons. The van der Waals surface area contributed by atoms with Crippen molar-refractivity contribution in [1.29, 1.82) is 0 Å². The van der Waals surface area contributed by atoms with Crippen LogP contribution in [0, 0.1) is 0 Å². The van der Waals surface area contributed by atoms with Crippen molar-refractivity contribution in [1.82, 2.24) is 24.1 Å². The summed E-state index contributed by atoms with van der Waals surface area (Å²) < 4.78 is 4.02. The third-order valence-electron chi connectivity index (χ3n) is 4.61. The first-order valence-corrected chi connectivity index (χ1v) is 8.57. The fourth-order valence-corrected chi connectivity index (χ4v) is 3.33. The Morgan fingerprint density at radius 1 is 0.889 bits per heavy atom. The first-order chi connectivity index (χ1) is 13.3. The number of anilines is 1. The van der Waals surface area contributed by atoms with Crippen LogP contribution in [0.15, 0.2) is 85.8 Å². The van der Waals surface area contributed by atoms with Crippen LogP contribution in [0.5, 0.6) is 0 Å². The molecule has 6 heteroatoms. The fourth-order valence-electron chi connectivity index (χ4n) is 3.33. The monoisotopic (exact) mass is 352 g/mol. The molecule has 0 aliphatic rings. The van der Waals surface area contributed by atoms with E-state index in [0.29, 0.717) is 5.82 Å². The summed E-state index contributed by atoms with van der Waals surface area (Å²) in [7, 11) is 0. The Kier molecular flexibility index (Phi) is 3.47. The summed E-state index contributed by atoms with van der Waals surface area (Å²) in [5.74, 6) is 0.475. The van der Waals surface area contributed by atoms with Crippen LogP contribution in [0.1, 0.15) is 0 Å². The van der Waals surface area contributed by atoms with Gasteiger partial charge in [0.15, 0.2) is 5.65 Å². The maximum absolute atomic E-state index is 6.22. The summed E-state index contributed by atoms with van der Waals surface area (Å²) in [5, 5.41) is 0.858. The molecule has 0 aliphatic heterocycles. The molecule has 0 fully saturated rings. The Morgan fingerprint density at radius 3 is 2.56 bits per heavy atom. The Balaban J connectivity index is 1.76. The molecule has 0 amide bonds. The van der Waals surface area contributed by atoms with Gasteiger partial charge in [-0.15, -0.1) is 0 Å². The number of fused-ring (bicyclic) bond motifs is 1. The molecule has 5 aromatic rings. The third kappa shape index (κ3) is 2.55.